The Morgan fingerprint density at radius 3 is 2.32 bits per heavy atom. The molecule has 12 heteroatoms. The second kappa shape index (κ2) is 11.9. The molecular weight excluding hydrogens is 608 g/mol. The minimum atomic E-state index is -4.11. The lowest BCUT2D eigenvalue weighted by molar-refractivity contribution is 0.0274. The highest BCUT2D eigenvalue weighted by molar-refractivity contribution is 7.98. The van der Waals surface area contributed by atoms with Crippen molar-refractivity contribution in [1.82, 2.24) is 9.55 Å². The minimum Gasteiger partial charge on any atom is -0.489 e. The lowest BCUT2D eigenvalue weighted by Gasteiger charge is -2.28. The van der Waals surface area contributed by atoms with E-state index in [0.717, 1.165) is 11.3 Å². The van der Waals surface area contributed by atoms with E-state index in [0.29, 0.717) is 32.2 Å². The van der Waals surface area contributed by atoms with E-state index in [-0.39, 0.29) is 23.1 Å². The number of aliphatic hydroxyl groups is 1. The van der Waals surface area contributed by atoms with Crippen molar-refractivity contribution < 1.29 is 22.7 Å². The van der Waals surface area contributed by atoms with Crippen LogP contribution in [0.5, 0.6) is 5.75 Å². The SMILES string of the molecule is CC(C)(O)COc1ccc(CSc2ncc(C(C)(C)c3ccc(Cl)c(Cl)c3)n2-c2ccc(F)cc2)cc1S(N)(=O)=O. The molecule has 218 valence electrons. The largest absolute Gasteiger partial charge is 0.489 e. The molecule has 0 saturated carbocycles. The number of nitrogens with two attached hydrogens (primary N) is 1. The highest BCUT2D eigenvalue weighted by Crippen LogP contribution is 2.39. The van der Waals surface area contributed by atoms with Gasteiger partial charge in [0.2, 0.25) is 10.0 Å². The average Bonchev–Trinajstić information content (AvgIpc) is 3.32. The van der Waals surface area contributed by atoms with Crippen molar-refractivity contribution in [3.63, 3.8) is 0 Å². The number of nitrogens with zero attached hydrogens (tertiary/aromatic N) is 2. The van der Waals surface area contributed by atoms with Crippen LogP contribution in [0.1, 0.15) is 44.5 Å². The Morgan fingerprint density at radius 1 is 1.02 bits per heavy atom. The van der Waals surface area contributed by atoms with E-state index in [4.69, 9.17) is 33.1 Å². The molecule has 0 aliphatic heterocycles. The maximum absolute atomic E-state index is 13.8. The lowest BCUT2D eigenvalue weighted by atomic mass is 9.81. The molecule has 0 spiro atoms. The summed E-state index contributed by atoms with van der Waals surface area (Å²) in [4.78, 5) is 4.51. The van der Waals surface area contributed by atoms with Crippen LogP contribution in [-0.4, -0.2) is 35.3 Å². The number of primary sulfonamides is 1. The van der Waals surface area contributed by atoms with Crippen molar-refractivity contribution in [2.45, 2.75) is 54.5 Å². The zero-order valence-electron chi connectivity index (χ0n) is 22.9. The Balaban J connectivity index is 1.71. The summed E-state index contributed by atoms with van der Waals surface area (Å²) in [5.41, 5.74) is 1.36. The summed E-state index contributed by atoms with van der Waals surface area (Å²) in [5.74, 6) is 0.0386. The van der Waals surface area contributed by atoms with E-state index in [1.54, 1.807) is 44.3 Å². The van der Waals surface area contributed by atoms with Gasteiger partial charge in [0.05, 0.1) is 27.5 Å². The van der Waals surface area contributed by atoms with Crippen molar-refractivity contribution in [2.75, 3.05) is 6.61 Å². The molecule has 0 aliphatic rings. The van der Waals surface area contributed by atoms with Gasteiger partial charge in [-0.2, -0.15) is 0 Å². The maximum Gasteiger partial charge on any atom is 0.241 e. The lowest BCUT2D eigenvalue weighted by Crippen LogP contribution is -2.28. The summed E-state index contributed by atoms with van der Waals surface area (Å²) < 4.78 is 46.0. The molecule has 0 radical (unpaired) electrons. The maximum atomic E-state index is 13.8. The van der Waals surface area contributed by atoms with Gasteiger partial charge in [-0.15, -0.1) is 0 Å². The summed E-state index contributed by atoms with van der Waals surface area (Å²) in [6, 6.07) is 16.3. The highest BCUT2D eigenvalue weighted by atomic mass is 35.5. The Kier molecular flexibility index (Phi) is 9.13. The van der Waals surface area contributed by atoms with Gasteiger partial charge in [-0.05, 0) is 73.5 Å². The third kappa shape index (κ3) is 7.43. The summed E-state index contributed by atoms with van der Waals surface area (Å²) in [6.07, 6.45) is 1.76. The summed E-state index contributed by atoms with van der Waals surface area (Å²) in [7, 11) is -4.11. The van der Waals surface area contributed by atoms with E-state index in [2.05, 4.69) is 4.98 Å². The van der Waals surface area contributed by atoms with E-state index in [1.165, 1.54) is 36.0 Å². The van der Waals surface area contributed by atoms with Gasteiger partial charge in [0.15, 0.2) is 5.16 Å². The van der Waals surface area contributed by atoms with Gasteiger partial charge in [-0.25, -0.2) is 22.9 Å². The zero-order valence-corrected chi connectivity index (χ0v) is 26.0. The molecule has 7 nitrogen and oxygen atoms in total. The number of sulfonamides is 1. The number of thioether (sulfide) groups is 1. The molecule has 41 heavy (non-hydrogen) atoms. The second-order valence-electron chi connectivity index (χ2n) is 10.7. The second-order valence-corrected chi connectivity index (χ2v) is 14.0. The van der Waals surface area contributed by atoms with Crippen molar-refractivity contribution in [3.8, 4) is 11.4 Å². The minimum absolute atomic E-state index is 0.0573. The van der Waals surface area contributed by atoms with Crippen molar-refractivity contribution >= 4 is 45.0 Å². The fraction of sp³-hybridized carbons (Fsp3) is 0.276. The van der Waals surface area contributed by atoms with E-state index in [9.17, 15) is 17.9 Å². The van der Waals surface area contributed by atoms with Gasteiger partial charge in [0, 0.05) is 16.9 Å². The van der Waals surface area contributed by atoms with Crippen LogP contribution < -0.4 is 9.88 Å². The normalized spacial score (nSPS) is 12.5. The van der Waals surface area contributed by atoms with Gasteiger partial charge in [-0.1, -0.05) is 60.9 Å². The molecule has 0 saturated heterocycles. The average molecular weight is 639 g/mol. The third-order valence-corrected chi connectivity index (χ3v) is 9.05. The van der Waals surface area contributed by atoms with Crippen molar-refractivity contribution in [2.24, 2.45) is 5.14 Å². The molecule has 0 bridgehead atoms. The fourth-order valence-electron chi connectivity index (χ4n) is 4.14. The van der Waals surface area contributed by atoms with Gasteiger partial charge in [0.1, 0.15) is 23.1 Å². The number of ether oxygens (including phenoxy) is 1. The molecule has 4 rings (SSSR count). The van der Waals surface area contributed by atoms with E-state index in [1.807, 2.05) is 30.5 Å². The number of benzene rings is 3. The van der Waals surface area contributed by atoms with Crippen LogP contribution in [0.3, 0.4) is 0 Å². The Labute approximate surface area is 253 Å². The smallest absolute Gasteiger partial charge is 0.241 e. The predicted molar refractivity (Wildman–Crippen MR) is 161 cm³/mol. The number of aromatic nitrogens is 2. The Hall–Kier alpha value is -2.60. The molecule has 4 aromatic rings. The van der Waals surface area contributed by atoms with Crippen LogP contribution in [0.4, 0.5) is 4.39 Å². The molecule has 1 aromatic heterocycles. The first-order valence-corrected chi connectivity index (χ1v) is 15.8. The number of halogens is 3. The van der Waals surface area contributed by atoms with Gasteiger partial charge in [0.25, 0.3) is 0 Å². The molecule has 0 unspecified atom stereocenters. The van der Waals surface area contributed by atoms with Gasteiger partial charge < -0.3 is 9.84 Å². The first kappa shape index (κ1) is 31.3. The molecule has 0 aliphatic carbocycles. The standard InChI is InChI=1S/C29H30Cl2FN3O4S2/c1-28(2,36)17-39-24-12-5-18(13-25(24)41(33,37)38)16-40-27-34-15-26(35(27)21-9-7-20(32)8-10-21)29(3,4)19-6-11-22(30)23(31)14-19/h5-15,36H,16-17H2,1-4H3,(H2,33,37,38). The first-order valence-electron chi connectivity index (χ1n) is 12.5. The quantitative estimate of drug-likeness (QED) is 0.187. The third-order valence-electron chi connectivity index (χ3n) is 6.36. The van der Waals surface area contributed by atoms with Crippen LogP contribution in [0.15, 0.2) is 76.9 Å². The molecule has 1 heterocycles. The van der Waals surface area contributed by atoms with Crippen LogP contribution in [0.2, 0.25) is 10.0 Å². The molecule has 0 amide bonds. The summed E-state index contributed by atoms with van der Waals surface area (Å²) in [5, 5.41) is 16.9. The molecule has 3 aromatic carbocycles. The van der Waals surface area contributed by atoms with Crippen LogP contribution in [0, 0.1) is 5.82 Å². The summed E-state index contributed by atoms with van der Waals surface area (Å²) >= 11 is 13.9. The van der Waals surface area contributed by atoms with Crippen molar-refractivity contribution in [1.29, 1.82) is 0 Å². The number of hydrogen-bond acceptors (Lipinski definition) is 6. The molecule has 0 atom stereocenters. The van der Waals surface area contributed by atoms with Crippen LogP contribution in [0.25, 0.3) is 5.69 Å². The topological polar surface area (TPSA) is 107 Å². The number of rotatable bonds is 10. The molecule has 0 fully saturated rings. The monoisotopic (exact) mass is 637 g/mol. The highest BCUT2D eigenvalue weighted by Gasteiger charge is 2.30. The van der Waals surface area contributed by atoms with Crippen LogP contribution in [-0.2, 0) is 21.2 Å². The summed E-state index contributed by atoms with van der Waals surface area (Å²) in [6.45, 7) is 7.05. The van der Waals surface area contributed by atoms with Gasteiger partial charge in [-0.3, -0.25) is 4.57 Å². The molecule has 3 N–H and O–H groups in total. The Bertz CT molecular complexity index is 1670. The van der Waals surface area contributed by atoms with E-state index < -0.39 is 21.0 Å². The van der Waals surface area contributed by atoms with Gasteiger partial charge >= 0.3 is 0 Å². The van der Waals surface area contributed by atoms with Crippen LogP contribution >= 0.6 is 35.0 Å². The zero-order chi connectivity index (χ0) is 30.2. The Morgan fingerprint density at radius 2 is 1.71 bits per heavy atom. The number of imidazole rings is 1. The van der Waals surface area contributed by atoms with E-state index >= 15 is 0 Å². The van der Waals surface area contributed by atoms with Crippen molar-refractivity contribution in [3.05, 3.63) is 99.5 Å². The predicted octanol–water partition coefficient (Wildman–Crippen LogP) is 6.73. The number of hydrogen-bond donors (Lipinski definition) is 2. The molecular formula is C29H30Cl2FN3O4S2. The first-order chi connectivity index (χ1) is 19.1. The fourth-order valence-corrected chi connectivity index (χ4v) is 6.09.